The minimum absolute atomic E-state index is 0.0677. The van der Waals surface area contributed by atoms with E-state index in [2.05, 4.69) is 25.9 Å². The normalized spacial score (nSPS) is 25.6. The number of carboxylic acids is 1. The molecule has 13 heavy (non-hydrogen) atoms. The van der Waals surface area contributed by atoms with Crippen molar-refractivity contribution >= 4 is 21.9 Å². The summed E-state index contributed by atoms with van der Waals surface area (Å²) in [5.41, 5.74) is 0.774. The zero-order chi connectivity index (χ0) is 9.42. The van der Waals surface area contributed by atoms with Gasteiger partial charge in [-0.25, -0.2) is 4.98 Å². The van der Waals surface area contributed by atoms with Gasteiger partial charge in [0.05, 0.1) is 24.0 Å². The van der Waals surface area contributed by atoms with E-state index >= 15 is 0 Å². The van der Waals surface area contributed by atoms with Gasteiger partial charge in [-0.3, -0.25) is 9.78 Å². The zero-order valence-corrected chi connectivity index (χ0v) is 8.23. The first-order valence-corrected chi connectivity index (χ1v) is 4.68. The molecule has 5 heteroatoms. The maximum absolute atomic E-state index is 10.6. The van der Waals surface area contributed by atoms with Crippen molar-refractivity contribution in [1.29, 1.82) is 0 Å². The van der Waals surface area contributed by atoms with Crippen LogP contribution in [0.25, 0.3) is 0 Å². The number of hydrogen-bond acceptors (Lipinski definition) is 3. The van der Waals surface area contributed by atoms with Crippen LogP contribution in [0.1, 0.15) is 18.0 Å². The molecular formula is C8H7BrN2O2. The van der Waals surface area contributed by atoms with Gasteiger partial charge < -0.3 is 5.11 Å². The molecule has 0 aromatic carbocycles. The molecular weight excluding hydrogens is 236 g/mol. The molecule has 1 heterocycles. The molecule has 68 valence electrons. The van der Waals surface area contributed by atoms with Gasteiger partial charge in [0.2, 0.25) is 0 Å². The predicted molar refractivity (Wildman–Crippen MR) is 48.2 cm³/mol. The lowest BCUT2D eigenvalue weighted by Gasteiger charge is -1.95. The fraction of sp³-hybridized carbons (Fsp3) is 0.375. The molecule has 2 rings (SSSR count). The summed E-state index contributed by atoms with van der Waals surface area (Å²) >= 11 is 3.17. The Morgan fingerprint density at radius 1 is 1.54 bits per heavy atom. The molecule has 0 spiro atoms. The number of carboxylic acid groups (broad SMARTS) is 1. The number of nitrogens with zero attached hydrogens (tertiary/aromatic N) is 2. The number of halogens is 1. The molecule has 0 amide bonds. The van der Waals surface area contributed by atoms with E-state index < -0.39 is 5.97 Å². The smallest absolute Gasteiger partial charge is 0.307 e. The van der Waals surface area contributed by atoms with E-state index in [0.29, 0.717) is 11.0 Å². The molecule has 0 radical (unpaired) electrons. The standard InChI is InChI=1S/C8H7BrN2O2/c9-7-3-10-6(2-11-7)4-1-5(4)8(12)13/h2-5H,1H2,(H,12,13)/t4-,5-/m0/s1. The van der Waals surface area contributed by atoms with Crippen LogP contribution in [0.4, 0.5) is 0 Å². The third-order valence-electron chi connectivity index (χ3n) is 2.13. The molecule has 1 aliphatic rings. The van der Waals surface area contributed by atoms with Crippen molar-refractivity contribution in [2.75, 3.05) is 0 Å². The fourth-order valence-corrected chi connectivity index (χ4v) is 1.51. The van der Waals surface area contributed by atoms with Crippen molar-refractivity contribution in [3.63, 3.8) is 0 Å². The third kappa shape index (κ3) is 1.70. The number of aromatic nitrogens is 2. The van der Waals surface area contributed by atoms with Gasteiger partial charge in [-0.1, -0.05) is 0 Å². The van der Waals surface area contributed by atoms with Gasteiger partial charge in [-0.15, -0.1) is 0 Å². The van der Waals surface area contributed by atoms with E-state index in [4.69, 9.17) is 5.11 Å². The first-order chi connectivity index (χ1) is 6.18. The molecule has 1 aromatic heterocycles. The second kappa shape index (κ2) is 3.06. The van der Waals surface area contributed by atoms with Gasteiger partial charge in [0.25, 0.3) is 0 Å². The topological polar surface area (TPSA) is 63.1 Å². The Morgan fingerprint density at radius 3 is 2.77 bits per heavy atom. The maximum Gasteiger partial charge on any atom is 0.307 e. The van der Waals surface area contributed by atoms with Crippen molar-refractivity contribution in [2.45, 2.75) is 12.3 Å². The molecule has 1 aromatic rings. The fourth-order valence-electron chi connectivity index (χ4n) is 1.31. The quantitative estimate of drug-likeness (QED) is 0.853. The van der Waals surface area contributed by atoms with Gasteiger partial charge in [0, 0.05) is 5.92 Å². The van der Waals surface area contributed by atoms with Gasteiger partial charge in [0.15, 0.2) is 0 Å². The van der Waals surface area contributed by atoms with Crippen LogP contribution in [-0.4, -0.2) is 21.0 Å². The molecule has 0 saturated heterocycles. The Morgan fingerprint density at radius 2 is 2.31 bits per heavy atom. The molecule has 0 unspecified atom stereocenters. The van der Waals surface area contributed by atoms with Gasteiger partial charge >= 0.3 is 5.97 Å². The van der Waals surface area contributed by atoms with Crippen molar-refractivity contribution in [1.82, 2.24) is 9.97 Å². The highest BCUT2D eigenvalue weighted by atomic mass is 79.9. The summed E-state index contributed by atoms with van der Waals surface area (Å²) in [6.45, 7) is 0. The summed E-state index contributed by atoms with van der Waals surface area (Å²) in [5.74, 6) is -0.928. The molecule has 1 saturated carbocycles. The van der Waals surface area contributed by atoms with Crippen molar-refractivity contribution in [3.8, 4) is 0 Å². The summed E-state index contributed by atoms with van der Waals surface area (Å²) in [7, 11) is 0. The van der Waals surface area contributed by atoms with Crippen molar-refractivity contribution in [3.05, 3.63) is 22.7 Å². The highest BCUT2D eigenvalue weighted by Gasteiger charge is 2.45. The third-order valence-corrected chi connectivity index (χ3v) is 2.54. The lowest BCUT2D eigenvalue weighted by molar-refractivity contribution is -0.138. The minimum Gasteiger partial charge on any atom is -0.481 e. The van der Waals surface area contributed by atoms with E-state index in [1.54, 1.807) is 12.4 Å². The van der Waals surface area contributed by atoms with Crippen LogP contribution in [-0.2, 0) is 4.79 Å². The SMILES string of the molecule is O=C(O)[C@H]1C[C@@H]1c1cnc(Br)cn1. The van der Waals surface area contributed by atoms with Gasteiger partial charge in [0.1, 0.15) is 4.60 Å². The van der Waals surface area contributed by atoms with Gasteiger partial charge in [-0.2, -0.15) is 0 Å². The number of rotatable bonds is 2. The minimum atomic E-state index is -0.741. The van der Waals surface area contributed by atoms with Crippen LogP contribution in [0.3, 0.4) is 0 Å². The summed E-state index contributed by atoms with van der Waals surface area (Å²) in [6.07, 6.45) is 3.90. The van der Waals surface area contributed by atoms with Crippen LogP contribution in [0, 0.1) is 5.92 Å². The molecule has 0 aliphatic heterocycles. The number of carbonyl (C=O) groups is 1. The van der Waals surface area contributed by atoms with E-state index in [9.17, 15) is 4.79 Å². The Bertz CT molecular complexity index is 339. The maximum atomic E-state index is 10.6. The Hall–Kier alpha value is -0.970. The largest absolute Gasteiger partial charge is 0.481 e. The first kappa shape index (κ1) is 8.62. The summed E-state index contributed by atoms with van der Waals surface area (Å²) in [5, 5.41) is 8.68. The van der Waals surface area contributed by atoms with E-state index in [1.807, 2.05) is 0 Å². The van der Waals surface area contributed by atoms with Crippen LogP contribution in [0.15, 0.2) is 17.0 Å². The molecule has 1 N–H and O–H groups in total. The lowest BCUT2D eigenvalue weighted by Crippen LogP contribution is -2.00. The second-order valence-corrected chi connectivity index (χ2v) is 3.86. The van der Waals surface area contributed by atoms with Crippen LogP contribution < -0.4 is 0 Å². The molecule has 2 atom stereocenters. The summed E-state index contributed by atoms with van der Waals surface area (Å²) in [6, 6.07) is 0. The highest BCUT2D eigenvalue weighted by Crippen LogP contribution is 2.46. The number of aliphatic carboxylic acids is 1. The molecule has 0 bridgehead atoms. The number of hydrogen-bond donors (Lipinski definition) is 1. The summed E-state index contributed by atoms with van der Waals surface area (Å²) < 4.78 is 0.670. The lowest BCUT2D eigenvalue weighted by atomic mass is 10.2. The Labute approximate surface area is 83.1 Å². The van der Waals surface area contributed by atoms with Crippen molar-refractivity contribution < 1.29 is 9.90 Å². The average Bonchev–Trinajstić information content (AvgIpc) is 2.85. The zero-order valence-electron chi connectivity index (χ0n) is 6.64. The monoisotopic (exact) mass is 242 g/mol. The molecule has 1 fully saturated rings. The predicted octanol–water partition coefficient (Wildman–Crippen LogP) is 1.43. The molecule has 1 aliphatic carbocycles. The van der Waals surface area contributed by atoms with E-state index in [1.165, 1.54) is 0 Å². The second-order valence-electron chi connectivity index (χ2n) is 3.05. The van der Waals surface area contributed by atoms with E-state index in [0.717, 1.165) is 5.69 Å². The van der Waals surface area contributed by atoms with Crippen LogP contribution >= 0.6 is 15.9 Å². The Kier molecular flexibility index (Phi) is 2.03. The highest BCUT2D eigenvalue weighted by molar-refractivity contribution is 9.10. The molecule has 4 nitrogen and oxygen atoms in total. The van der Waals surface area contributed by atoms with Crippen molar-refractivity contribution in [2.24, 2.45) is 5.92 Å². The van der Waals surface area contributed by atoms with Crippen LogP contribution in [0.5, 0.6) is 0 Å². The Balaban J connectivity index is 2.12. The van der Waals surface area contributed by atoms with Gasteiger partial charge in [-0.05, 0) is 22.4 Å². The van der Waals surface area contributed by atoms with Crippen LogP contribution in [0.2, 0.25) is 0 Å². The summed E-state index contributed by atoms with van der Waals surface area (Å²) in [4.78, 5) is 18.7. The first-order valence-electron chi connectivity index (χ1n) is 3.88. The average molecular weight is 243 g/mol. The van der Waals surface area contributed by atoms with E-state index in [-0.39, 0.29) is 11.8 Å².